The van der Waals surface area contributed by atoms with Gasteiger partial charge in [0.15, 0.2) is 0 Å². The second kappa shape index (κ2) is 6.07. The number of rotatable bonds is 6. The smallest absolute Gasteiger partial charge is 0.320 e. The van der Waals surface area contributed by atoms with Crippen molar-refractivity contribution in [2.45, 2.75) is 13.0 Å². The van der Waals surface area contributed by atoms with E-state index in [1.165, 1.54) is 24.3 Å². The molecule has 0 unspecified atom stereocenters. The number of ether oxygens (including phenoxy) is 1. The van der Waals surface area contributed by atoms with Gasteiger partial charge in [-0.15, -0.1) is 0 Å². The Bertz CT molecular complexity index is 340. The Balaban J connectivity index is 2.21. The van der Waals surface area contributed by atoms with Crippen LogP contribution >= 0.6 is 0 Å². The van der Waals surface area contributed by atoms with Crippen LogP contribution in [0.1, 0.15) is 6.92 Å². The molecule has 0 aliphatic heterocycles. The number of carboxylic acids is 1. The monoisotopic (exact) mass is 227 g/mol. The molecule has 0 saturated heterocycles. The topological polar surface area (TPSA) is 58.6 Å². The number of hydrogen-bond donors (Lipinski definition) is 2. The van der Waals surface area contributed by atoms with E-state index in [4.69, 9.17) is 9.84 Å². The fourth-order valence-corrected chi connectivity index (χ4v) is 1.06. The number of carbonyl (C=O) groups is 1. The molecule has 1 atom stereocenters. The number of halogens is 1. The van der Waals surface area contributed by atoms with Crippen LogP contribution in [0, 0.1) is 5.82 Å². The van der Waals surface area contributed by atoms with E-state index in [1.54, 1.807) is 6.92 Å². The van der Waals surface area contributed by atoms with Gasteiger partial charge in [-0.25, -0.2) is 4.39 Å². The van der Waals surface area contributed by atoms with Crippen LogP contribution in [0.5, 0.6) is 5.75 Å². The predicted octanol–water partition coefficient (Wildman–Crippen LogP) is 1.27. The van der Waals surface area contributed by atoms with Crippen molar-refractivity contribution in [2.75, 3.05) is 13.2 Å². The molecular formula is C11H14FNO3. The molecule has 1 aromatic carbocycles. The lowest BCUT2D eigenvalue weighted by Gasteiger charge is -2.10. The third-order valence-electron chi connectivity index (χ3n) is 2.01. The lowest BCUT2D eigenvalue weighted by molar-refractivity contribution is -0.139. The predicted molar refractivity (Wildman–Crippen MR) is 57.0 cm³/mol. The van der Waals surface area contributed by atoms with Gasteiger partial charge in [-0.05, 0) is 31.2 Å². The second-order valence-corrected chi connectivity index (χ2v) is 3.32. The van der Waals surface area contributed by atoms with E-state index >= 15 is 0 Å². The molecule has 5 heteroatoms. The molecule has 0 spiro atoms. The van der Waals surface area contributed by atoms with Crippen molar-refractivity contribution in [1.29, 1.82) is 0 Å². The van der Waals surface area contributed by atoms with Crippen molar-refractivity contribution in [3.8, 4) is 5.75 Å². The standard InChI is InChI=1S/C11H14FNO3/c1-8(11(14)15)13-6-7-16-10-4-2-9(12)3-5-10/h2-5,8,13H,6-7H2,1H3,(H,14,15)/t8-/m1/s1. The van der Waals surface area contributed by atoms with Gasteiger partial charge in [0.2, 0.25) is 0 Å². The maximum absolute atomic E-state index is 12.5. The van der Waals surface area contributed by atoms with Gasteiger partial charge in [-0.3, -0.25) is 4.79 Å². The summed E-state index contributed by atoms with van der Waals surface area (Å²) < 4.78 is 17.8. The summed E-state index contributed by atoms with van der Waals surface area (Å²) in [5.41, 5.74) is 0. The summed E-state index contributed by atoms with van der Waals surface area (Å²) in [4.78, 5) is 10.5. The average molecular weight is 227 g/mol. The van der Waals surface area contributed by atoms with E-state index in [9.17, 15) is 9.18 Å². The molecule has 1 aromatic rings. The van der Waals surface area contributed by atoms with Gasteiger partial charge < -0.3 is 15.2 Å². The minimum Gasteiger partial charge on any atom is -0.492 e. The Morgan fingerprint density at radius 3 is 2.69 bits per heavy atom. The number of benzene rings is 1. The minimum atomic E-state index is -0.901. The Kier molecular flexibility index (Phi) is 4.72. The first-order valence-corrected chi connectivity index (χ1v) is 4.94. The molecule has 0 aromatic heterocycles. The van der Waals surface area contributed by atoms with Crippen molar-refractivity contribution in [3.05, 3.63) is 30.1 Å². The highest BCUT2D eigenvalue weighted by molar-refractivity contribution is 5.72. The van der Waals surface area contributed by atoms with E-state index in [2.05, 4.69) is 5.32 Å². The first kappa shape index (κ1) is 12.4. The van der Waals surface area contributed by atoms with E-state index < -0.39 is 12.0 Å². The lowest BCUT2D eigenvalue weighted by atomic mass is 10.3. The summed E-state index contributed by atoms with van der Waals surface area (Å²) >= 11 is 0. The molecule has 0 aliphatic rings. The van der Waals surface area contributed by atoms with Gasteiger partial charge in [0, 0.05) is 6.54 Å². The van der Waals surface area contributed by atoms with Crippen LogP contribution in [0.25, 0.3) is 0 Å². The van der Waals surface area contributed by atoms with Crippen molar-refractivity contribution in [1.82, 2.24) is 5.32 Å². The highest BCUT2D eigenvalue weighted by Gasteiger charge is 2.08. The van der Waals surface area contributed by atoms with Gasteiger partial charge in [0.25, 0.3) is 0 Å². The number of nitrogens with one attached hydrogen (secondary N) is 1. The largest absolute Gasteiger partial charge is 0.492 e. The molecular weight excluding hydrogens is 213 g/mol. The van der Waals surface area contributed by atoms with Crippen LogP contribution in [0.4, 0.5) is 4.39 Å². The van der Waals surface area contributed by atoms with Crippen molar-refractivity contribution < 1.29 is 19.0 Å². The van der Waals surface area contributed by atoms with Gasteiger partial charge in [-0.2, -0.15) is 0 Å². The molecule has 0 bridgehead atoms. The highest BCUT2D eigenvalue weighted by atomic mass is 19.1. The first-order chi connectivity index (χ1) is 7.59. The third kappa shape index (κ3) is 4.27. The van der Waals surface area contributed by atoms with Crippen LogP contribution < -0.4 is 10.1 Å². The Labute approximate surface area is 93.0 Å². The fraction of sp³-hybridized carbons (Fsp3) is 0.364. The third-order valence-corrected chi connectivity index (χ3v) is 2.01. The number of aliphatic carboxylic acids is 1. The quantitative estimate of drug-likeness (QED) is 0.718. The van der Waals surface area contributed by atoms with E-state index in [0.717, 1.165) is 0 Å². The minimum absolute atomic E-state index is 0.315. The molecule has 1 rings (SSSR count). The average Bonchev–Trinajstić information content (AvgIpc) is 2.26. The van der Waals surface area contributed by atoms with Crippen molar-refractivity contribution in [3.63, 3.8) is 0 Å². The van der Waals surface area contributed by atoms with E-state index in [1.807, 2.05) is 0 Å². The zero-order chi connectivity index (χ0) is 12.0. The molecule has 88 valence electrons. The number of carboxylic acid groups (broad SMARTS) is 1. The van der Waals surface area contributed by atoms with Crippen LogP contribution in [0.3, 0.4) is 0 Å². The molecule has 0 aliphatic carbocycles. The fourth-order valence-electron chi connectivity index (χ4n) is 1.06. The summed E-state index contributed by atoms with van der Waals surface area (Å²) in [7, 11) is 0. The molecule has 0 amide bonds. The SMILES string of the molecule is C[C@@H](NCCOc1ccc(F)cc1)C(=O)O. The van der Waals surface area contributed by atoms with Crippen LogP contribution in [-0.2, 0) is 4.79 Å². The van der Waals surface area contributed by atoms with E-state index in [0.29, 0.717) is 18.9 Å². The molecule has 0 saturated carbocycles. The zero-order valence-electron chi connectivity index (χ0n) is 8.94. The van der Waals surface area contributed by atoms with Gasteiger partial charge in [0.1, 0.15) is 24.2 Å². The molecule has 0 fully saturated rings. The Hall–Kier alpha value is -1.62. The Morgan fingerprint density at radius 2 is 2.12 bits per heavy atom. The maximum Gasteiger partial charge on any atom is 0.320 e. The van der Waals surface area contributed by atoms with Gasteiger partial charge >= 0.3 is 5.97 Å². The first-order valence-electron chi connectivity index (χ1n) is 4.94. The van der Waals surface area contributed by atoms with E-state index in [-0.39, 0.29) is 5.82 Å². The lowest BCUT2D eigenvalue weighted by Crippen LogP contribution is -2.36. The summed E-state index contributed by atoms with van der Waals surface area (Å²) in [6.07, 6.45) is 0. The summed E-state index contributed by atoms with van der Waals surface area (Å²) in [6, 6.07) is 5.06. The van der Waals surface area contributed by atoms with Gasteiger partial charge in [-0.1, -0.05) is 0 Å². The van der Waals surface area contributed by atoms with Gasteiger partial charge in [0.05, 0.1) is 0 Å². The van der Waals surface area contributed by atoms with Crippen molar-refractivity contribution >= 4 is 5.97 Å². The zero-order valence-corrected chi connectivity index (χ0v) is 8.94. The second-order valence-electron chi connectivity index (χ2n) is 3.32. The molecule has 0 heterocycles. The summed E-state index contributed by atoms with van der Waals surface area (Å²) in [5, 5.41) is 11.3. The normalized spacial score (nSPS) is 12.1. The molecule has 0 radical (unpaired) electrons. The molecule has 2 N–H and O–H groups in total. The Morgan fingerprint density at radius 1 is 1.50 bits per heavy atom. The number of hydrogen-bond acceptors (Lipinski definition) is 3. The van der Waals surface area contributed by atoms with Crippen molar-refractivity contribution in [2.24, 2.45) is 0 Å². The van der Waals surface area contributed by atoms with Crippen LogP contribution in [-0.4, -0.2) is 30.3 Å². The molecule has 4 nitrogen and oxygen atoms in total. The maximum atomic E-state index is 12.5. The summed E-state index contributed by atoms with van der Waals surface area (Å²) in [5.74, 6) is -0.655. The highest BCUT2D eigenvalue weighted by Crippen LogP contribution is 2.10. The molecule has 16 heavy (non-hydrogen) atoms. The van der Waals surface area contributed by atoms with Crippen LogP contribution in [0.15, 0.2) is 24.3 Å². The van der Waals surface area contributed by atoms with Crippen LogP contribution in [0.2, 0.25) is 0 Å². The summed E-state index contributed by atoms with van der Waals surface area (Å²) in [6.45, 7) is 2.31.